The molecule has 0 aliphatic heterocycles. The molecule has 1 aromatic carbocycles. The Balaban J connectivity index is 2.39. The molecule has 1 heterocycles. The number of hydrogen-bond acceptors (Lipinski definition) is 4. The van der Waals surface area contributed by atoms with E-state index in [0.29, 0.717) is 23.9 Å². The van der Waals surface area contributed by atoms with E-state index < -0.39 is 0 Å². The standard InChI is InChI=1S/C12H15N3O2/c1-3-17-11-6-8(4-5-10(11)16-2)9-7-12(13)15-14-9/h4-7H,3H2,1-2H3,(H3,13,14,15). The lowest BCUT2D eigenvalue weighted by Crippen LogP contribution is -1.95. The van der Waals surface area contributed by atoms with E-state index in [1.54, 1.807) is 13.2 Å². The summed E-state index contributed by atoms with van der Waals surface area (Å²) < 4.78 is 10.7. The Morgan fingerprint density at radius 3 is 2.71 bits per heavy atom. The third kappa shape index (κ3) is 2.33. The van der Waals surface area contributed by atoms with Crippen molar-refractivity contribution in [1.82, 2.24) is 10.2 Å². The lowest BCUT2D eigenvalue weighted by molar-refractivity contribution is 0.311. The molecule has 0 radical (unpaired) electrons. The summed E-state index contributed by atoms with van der Waals surface area (Å²) >= 11 is 0. The number of nitrogens with one attached hydrogen (secondary N) is 1. The van der Waals surface area contributed by atoms with Gasteiger partial charge in [-0.05, 0) is 25.1 Å². The van der Waals surface area contributed by atoms with Gasteiger partial charge in [-0.2, -0.15) is 5.10 Å². The minimum Gasteiger partial charge on any atom is -0.493 e. The fourth-order valence-corrected chi connectivity index (χ4v) is 1.60. The fourth-order valence-electron chi connectivity index (χ4n) is 1.60. The summed E-state index contributed by atoms with van der Waals surface area (Å²) in [5.41, 5.74) is 7.38. The highest BCUT2D eigenvalue weighted by Crippen LogP contribution is 2.32. The Kier molecular flexibility index (Phi) is 3.18. The van der Waals surface area contributed by atoms with Crippen LogP contribution in [0, 0.1) is 0 Å². The van der Waals surface area contributed by atoms with E-state index in [9.17, 15) is 0 Å². The van der Waals surface area contributed by atoms with Gasteiger partial charge in [0.05, 0.1) is 19.4 Å². The first-order chi connectivity index (χ1) is 8.24. The second kappa shape index (κ2) is 4.78. The van der Waals surface area contributed by atoms with Crippen molar-refractivity contribution in [3.63, 3.8) is 0 Å². The maximum atomic E-state index is 5.57. The predicted octanol–water partition coefficient (Wildman–Crippen LogP) is 2.07. The topological polar surface area (TPSA) is 73.2 Å². The number of nitrogens with two attached hydrogens (primary N) is 1. The van der Waals surface area contributed by atoms with Crippen molar-refractivity contribution < 1.29 is 9.47 Å². The van der Waals surface area contributed by atoms with Gasteiger partial charge in [0.1, 0.15) is 5.82 Å². The number of aromatic amines is 1. The zero-order valence-electron chi connectivity index (χ0n) is 9.86. The monoisotopic (exact) mass is 233 g/mol. The van der Waals surface area contributed by atoms with Crippen LogP contribution in [0.3, 0.4) is 0 Å². The molecular weight excluding hydrogens is 218 g/mol. The summed E-state index contributed by atoms with van der Waals surface area (Å²) in [5.74, 6) is 1.89. The van der Waals surface area contributed by atoms with Gasteiger partial charge >= 0.3 is 0 Å². The molecule has 3 N–H and O–H groups in total. The van der Waals surface area contributed by atoms with Gasteiger partial charge in [0.25, 0.3) is 0 Å². The molecule has 0 unspecified atom stereocenters. The maximum Gasteiger partial charge on any atom is 0.161 e. The highest BCUT2D eigenvalue weighted by molar-refractivity contribution is 5.65. The number of ether oxygens (including phenoxy) is 2. The van der Waals surface area contributed by atoms with Gasteiger partial charge in [-0.15, -0.1) is 0 Å². The van der Waals surface area contributed by atoms with Crippen molar-refractivity contribution in [1.29, 1.82) is 0 Å². The zero-order chi connectivity index (χ0) is 12.3. The van der Waals surface area contributed by atoms with Gasteiger partial charge in [0.15, 0.2) is 11.5 Å². The normalized spacial score (nSPS) is 10.2. The third-order valence-corrected chi connectivity index (χ3v) is 2.37. The van der Waals surface area contributed by atoms with Crippen LogP contribution in [0.25, 0.3) is 11.3 Å². The second-order valence-corrected chi connectivity index (χ2v) is 3.51. The Bertz CT molecular complexity index is 508. The average molecular weight is 233 g/mol. The van der Waals surface area contributed by atoms with Crippen LogP contribution < -0.4 is 15.2 Å². The van der Waals surface area contributed by atoms with Crippen LogP contribution in [0.2, 0.25) is 0 Å². The van der Waals surface area contributed by atoms with E-state index in [1.165, 1.54) is 0 Å². The molecule has 5 nitrogen and oxygen atoms in total. The molecule has 0 saturated carbocycles. The highest BCUT2D eigenvalue weighted by Gasteiger charge is 2.08. The molecule has 0 saturated heterocycles. The number of nitrogens with zero attached hydrogens (tertiary/aromatic N) is 1. The molecule has 0 spiro atoms. The molecule has 5 heteroatoms. The van der Waals surface area contributed by atoms with Gasteiger partial charge in [-0.3, -0.25) is 5.10 Å². The maximum absolute atomic E-state index is 5.57. The number of benzene rings is 1. The van der Waals surface area contributed by atoms with Crippen LogP contribution in [0.4, 0.5) is 5.82 Å². The molecule has 2 aromatic rings. The minimum absolute atomic E-state index is 0.466. The SMILES string of the molecule is CCOc1cc(-c2cc(N)n[nH]2)ccc1OC. The number of hydrogen-bond donors (Lipinski definition) is 2. The summed E-state index contributed by atoms with van der Waals surface area (Å²) in [6.07, 6.45) is 0. The van der Waals surface area contributed by atoms with Gasteiger partial charge in [-0.1, -0.05) is 0 Å². The van der Waals surface area contributed by atoms with E-state index in [2.05, 4.69) is 10.2 Å². The quantitative estimate of drug-likeness (QED) is 0.847. The fraction of sp³-hybridized carbons (Fsp3) is 0.250. The van der Waals surface area contributed by atoms with Gasteiger partial charge in [-0.25, -0.2) is 0 Å². The van der Waals surface area contributed by atoms with E-state index in [-0.39, 0.29) is 0 Å². The summed E-state index contributed by atoms with van der Waals surface area (Å²) in [4.78, 5) is 0. The van der Waals surface area contributed by atoms with Crippen LogP contribution >= 0.6 is 0 Å². The van der Waals surface area contributed by atoms with E-state index in [1.807, 2.05) is 25.1 Å². The van der Waals surface area contributed by atoms with E-state index in [0.717, 1.165) is 11.3 Å². The molecule has 0 amide bonds. The molecule has 0 aliphatic rings. The van der Waals surface area contributed by atoms with E-state index in [4.69, 9.17) is 15.2 Å². The van der Waals surface area contributed by atoms with E-state index >= 15 is 0 Å². The average Bonchev–Trinajstić information content (AvgIpc) is 2.76. The number of H-pyrrole nitrogens is 1. The van der Waals surface area contributed by atoms with Crippen molar-refractivity contribution in [2.45, 2.75) is 6.92 Å². The van der Waals surface area contributed by atoms with Crippen molar-refractivity contribution in [3.05, 3.63) is 24.3 Å². The van der Waals surface area contributed by atoms with Crippen molar-refractivity contribution in [2.24, 2.45) is 0 Å². The Labute approximate surface area is 99.5 Å². The first-order valence-corrected chi connectivity index (χ1v) is 5.36. The lowest BCUT2D eigenvalue weighted by atomic mass is 10.1. The molecule has 0 aliphatic carbocycles. The number of nitrogen functional groups attached to an aromatic ring is 1. The molecule has 0 bridgehead atoms. The largest absolute Gasteiger partial charge is 0.493 e. The van der Waals surface area contributed by atoms with Crippen LogP contribution in [0.5, 0.6) is 11.5 Å². The van der Waals surface area contributed by atoms with Crippen molar-refractivity contribution in [3.8, 4) is 22.8 Å². The minimum atomic E-state index is 0.466. The predicted molar refractivity (Wildman–Crippen MR) is 66.2 cm³/mol. The molecular formula is C12H15N3O2. The van der Waals surface area contributed by atoms with Gasteiger partial charge in [0.2, 0.25) is 0 Å². The second-order valence-electron chi connectivity index (χ2n) is 3.51. The van der Waals surface area contributed by atoms with Crippen LogP contribution in [0.15, 0.2) is 24.3 Å². The molecule has 1 aromatic heterocycles. The first kappa shape index (κ1) is 11.3. The van der Waals surface area contributed by atoms with Crippen LogP contribution in [-0.4, -0.2) is 23.9 Å². The van der Waals surface area contributed by atoms with Gasteiger partial charge in [0, 0.05) is 11.6 Å². The third-order valence-electron chi connectivity index (χ3n) is 2.37. The van der Waals surface area contributed by atoms with Gasteiger partial charge < -0.3 is 15.2 Å². The molecule has 0 fully saturated rings. The number of anilines is 1. The lowest BCUT2D eigenvalue weighted by Gasteiger charge is -2.10. The summed E-state index contributed by atoms with van der Waals surface area (Å²) in [6, 6.07) is 7.46. The first-order valence-electron chi connectivity index (χ1n) is 5.36. The number of methoxy groups -OCH3 is 1. The Morgan fingerprint density at radius 2 is 2.12 bits per heavy atom. The van der Waals surface area contributed by atoms with Crippen molar-refractivity contribution >= 4 is 5.82 Å². The van der Waals surface area contributed by atoms with Crippen molar-refractivity contribution in [2.75, 3.05) is 19.5 Å². The Morgan fingerprint density at radius 1 is 1.29 bits per heavy atom. The highest BCUT2D eigenvalue weighted by atomic mass is 16.5. The number of rotatable bonds is 4. The summed E-state index contributed by atoms with van der Waals surface area (Å²) in [5, 5.41) is 6.75. The molecule has 90 valence electrons. The van der Waals surface area contributed by atoms with Crippen LogP contribution in [0.1, 0.15) is 6.92 Å². The summed E-state index contributed by atoms with van der Waals surface area (Å²) in [7, 11) is 1.62. The zero-order valence-corrected chi connectivity index (χ0v) is 9.86. The number of aromatic nitrogens is 2. The Hall–Kier alpha value is -2.17. The van der Waals surface area contributed by atoms with Crippen LogP contribution in [-0.2, 0) is 0 Å². The molecule has 2 rings (SSSR count). The summed E-state index contributed by atoms with van der Waals surface area (Å²) in [6.45, 7) is 2.52. The smallest absolute Gasteiger partial charge is 0.161 e. The molecule has 0 atom stereocenters. The molecule has 17 heavy (non-hydrogen) atoms.